The smallest absolute Gasteiger partial charge is 0.259 e. The lowest BCUT2D eigenvalue weighted by atomic mass is 10.0. The minimum absolute atomic E-state index is 0.0181. The Morgan fingerprint density at radius 2 is 1.24 bits per heavy atom. The molecule has 5 aromatic rings. The van der Waals surface area contributed by atoms with E-state index in [0.717, 1.165) is 0 Å². The lowest BCUT2D eigenvalue weighted by molar-refractivity contribution is 0.101. The number of benzene rings is 5. The van der Waals surface area contributed by atoms with Gasteiger partial charge in [0.15, 0.2) is 5.75 Å². The molecule has 0 spiro atoms. The summed E-state index contributed by atoms with van der Waals surface area (Å²) < 4.78 is 10.5. The molecule has 204 valence electrons. The number of azo groups is 1. The predicted molar refractivity (Wildman–Crippen MR) is 158 cm³/mol. The minimum Gasteiger partial charge on any atom is -0.505 e. The molecule has 9 heteroatoms. The maximum atomic E-state index is 13.2. The van der Waals surface area contributed by atoms with Gasteiger partial charge < -0.3 is 25.2 Å². The Morgan fingerprint density at radius 1 is 0.659 bits per heavy atom. The summed E-state index contributed by atoms with van der Waals surface area (Å²) in [6.45, 7) is 0. The van der Waals surface area contributed by atoms with E-state index in [1.165, 1.54) is 7.11 Å². The highest BCUT2D eigenvalue weighted by Gasteiger charge is 2.19. The van der Waals surface area contributed by atoms with Gasteiger partial charge in [0.1, 0.15) is 17.2 Å². The number of nitrogens with one attached hydrogen (secondary N) is 2. The summed E-state index contributed by atoms with van der Waals surface area (Å²) in [5.41, 5.74) is 1.73. The van der Waals surface area contributed by atoms with Gasteiger partial charge in [0, 0.05) is 28.9 Å². The summed E-state index contributed by atoms with van der Waals surface area (Å²) in [6.07, 6.45) is 0. The van der Waals surface area contributed by atoms with Crippen LogP contribution in [0.25, 0.3) is 10.8 Å². The summed E-state index contributed by atoms with van der Waals surface area (Å²) in [5.74, 6) is -0.0851. The van der Waals surface area contributed by atoms with Crippen LogP contribution in [0.3, 0.4) is 0 Å². The molecule has 0 unspecified atom stereocenters. The van der Waals surface area contributed by atoms with E-state index in [0.29, 0.717) is 33.6 Å². The van der Waals surface area contributed by atoms with Crippen LogP contribution in [0, 0.1) is 0 Å². The van der Waals surface area contributed by atoms with E-state index in [4.69, 9.17) is 9.47 Å². The number of nitrogens with zero attached hydrogens (tertiary/aromatic N) is 2. The Labute approximate surface area is 236 Å². The highest BCUT2D eigenvalue weighted by atomic mass is 16.5. The molecular formula is C32H26N4O5. The third kappa shape index (κ3) is 5.99. The number of ether oxygens (including phenoxy) is 2. The number of phenols is 1. The largest absolute Gasteiger partial charge is 0.505 e. The van der Waals surface area contributed by atoms with Gasteiger partial charge in [-0.15, -0.1) is 10.2 Å². The van der Waals surface area contributed by atoms with Crippen LogP contribution in [0.15, 0.2) is 113 Å². The number of aromatic hydroxyl groups is 1. The first kappa shape index (κ1) is 26.9. The summed E-state index contributed by atoms with van der Waals surface area (Å²) in [6, 6.07) is 29.4. The lowest BCUT2D eigenvalue weighted by Gasteiger charge is -2.12. The highest BCUT2D eigenvalue weighted by Crippen LogP contribution is 2.40. The molecular weight excluding hydrogens is 520 g/mol. The minimum atomic E-state index is -0.531. The van der Waals surface area contributed by atoms with Crippen molar-refractivity contribution >= 4 is 45.3 Å². The monoisotopic (exact) mass is 546 g/mol. The van der Waals surface area contributed by atoms with E-state index in [2.05, 4.69) is 20.9 Å². The van der Waals surface area contributed by atoms with Crippen molar-refractivity contribution in [2.24, 2.45) is 10.2 Å². The van der Waals surface area contributed by atoms with E-state index >= 15 is 0 Å². The van der Waals surface area contributed by atoms with Gasteiger partial charge in [-0.1, -0.05) is 48.5 Å². The van der Waals surface area contributed by atoms with Crippen molar-refractivity contribution in [1.82, 2.24) is 0 Å². The summed E-state index contributed by atoms with van der Waals surface area (Å²) in [7, 11) is 3.08. The molecule has 0 saturated heterocycles. The third-order valence-electron chi connectivity index (χ3n) is 6.30. The van der Waals surface area contributed by atoms with Crippen molar-refractivity contribution in [3.8, 4) is 17.2 Å². The van der Waals surface area contributed by atoms with Crippen LogP contribution in [0.2, 0.25) is 0 Å². The zero-order valence-corrected chi connectivity index (χ0v) is 22.3. The number of phenolic OH excluding ortho intramolecular Hbond substituents is 1. The predicted octanol–water partition coefficient (Wildman–Crippen LogP) is 7.48. The van der Waals surface area contributed by atoms with Gasteiger partial charge >= 0.3 is 0 Å². The number of fused-ring (bicyclic) bond motifs is 1. The van der Waals surface area contributed by atoms with Crippen LogP contribution < -0.4 is 20.1 Å². The molecule has 0 aromatic heterocycles. The first-order valence-electron chi connectivity index (χ1n) is 12.6. The normalized spacial score (nSPS) is 10.9. The number of amides is 2. The zero-order chi connectivity index (χ0) is 28.8. The first-order chi connectivity index (χ1) is 20.0. The van der Waals surface area contributed by atoms with Crippen LogP contribution in [-0.2, 0) is 0 Å². The second-order valence-corrected chi connectivity index (χ2v) is 8.93. The molecule has 0 atom stereocenters. The molecule has 5 rings (SSSR count). The first-order valence-corrected chi connectivity index (χ1v) is 12.6. The number of rotatable bonds is 8. The van der Waals surface area contributed by atoms with Crippen molar-refractivity contribution < 1.29 is 24.2 Å². The SMILES string of the molecule is COc1cccc(NC(=O)c2ccccc2N=Nc2c(O)c(C(=O)Nc3cccc(OC)c3)cc3ccccc23)c1. The molecule has 0 bridgehead atoms. The maximum Gasteiger partial charge on any atom is 0.259 e. The fourth-order valence-electron chi connectivity index (χ4n) is 4.25. The van der Waals surface area contributed by atoms with Crippen molar-refractivity contribution in [1.29, 1.82) is 0 Å². The van der Waals surface area contributed by atoms with Crippen LogP contribution in [0.4, 0.5) is 22.7 Å². The fourth-order valence-corrected chi connectivity index (χ4v) is 4.25. The van der Waals surface area contributed by atoms with E-state index in [9.17, 15) is 14.7 Å². The topological polar surface area (TPSA) is 122 Å². The Kier molecular flexibility index (Phi) is 7.87. The van der Waals surface area contributed by atoms with Gasteiger partial charge in [0.05, 0.1) is 31.0 Å². The molecule has 0 aliphatic heterocycles. The van der Waals surface area contributed by atoms with Crippen molar-refractivity contribution in [3.05, 3.63) is 114 Å². The van der Waals surface area contributed by atoms with Gasteiger partial charge in [-0.25, -0.2) is 0 Å². The Balaban J connectivity index is 1.49. The molecule has 0 aliphatic carbocycles. The van der Waals surface area contributed by atoms with Gasteiger partial charge in [-0.05, 0) is 47.9 Å². The van der Waals surface area contributed by atoms with Crippen LogP contribution in [0.1, 0.15) is 20.7 Å². The average molecular weight is 547 g/mol. The van der Waals surface area contributed by atoms with Crippen molar-refractivity contribution in [2.75, 3.05) is 24.9 Å². The van der Waals surface area contributed by atoms with Crippen molar-refractivity contribution in [2.45, 2.75) is 0 Å². The summed E-state index contributed by atoms with van der Waals surface area (Å²) in [4.78, 5) is 26.3. The maximum absolute atomic E-state index is 13.2. The number of anilines is 2. The molecule has 3 N–H and O–H groups in total. The van der Waals surface area contributed by atoms with Crippen LogP contribution in [0.5, 0.6) is 17.2 Å². The molecule has 0 saturated carbocycles. The van der Waals surface area contributed by atoms with Gasteiger partial charge in [0.25, 0.3) is 11.8 Å². The Bertz CT molecular complexity index is 1780. The Morgan fingerprint density at radius 3 is 1.90 bits per heavy atom. The number of carbonyl (C=O) groups excluding carboxylic acids is 2. The van der Waals surface area contributed by atoms with E-state index in [1.807, 2.05) is 12.1 Å². The molecule has 0 heterocycles. The van der Waals surface area contributed by atoms with Crippen LogP contribution in [-0.4, -0.2) is 31.1 Å². The van der Waals surface area contributed by atoms with Gasteiger partial charge in [-0.3, -0.25) is 9.59 Å². The fraction of sp³-hybridized carbons (Fsp3) is 0.0625. The van der Waals surface area contributed by atoms with Crippen molar-refractivity contribution in [3.63, 3.8) is 0 Å². The molecule has 41 heavy (non-hydrogen) atoms. The number of hydrogen-bond acceptors (Lipinski definition) is 7. The van der Waals surface area contributed by atoms with E-state index in [-0.39, 0.29) is 28.3 Å². The highest BCUT2D eigenvalue weighted by molar-refractivity contribution is 6.12. The standard InChI is InChI=1S/C32H26N4O5/c1-40-23-12-7-10-21(18-23)33-31(38)26-15-5-6-16-28(26)35-36-29-25-14-4-3-9-20(25)17-27(30(29)37)32(39)34-22-11-8-13-24(19-22)41-2/h3-19,37H,1-2H3,(H,33,38)(H,34,39). The molecule has 9 nitrogen and oxygen atoms in total. The lowest BCUT2D eigenvalue weighted by Crippen LogP contribution is -2.12. The molecule has 2 amide bonds. The van der Waals surface area contributed by atoms with E-state index < -0.39 is 11.8 Å². The molecule has 5 aromatic carbocycles. The molecule has 0 fully saturated rings. The molecule has 0 radical (unpaired) electrons. The van der Waals surface area contributed by atoms with E-state index in [1.54, 1.807) is 98.1 Å². The van der Waals surface area contributed by atoms with Crippen LogP contribution >= 0.6 is 0 Å². The Hall–Kier alpha value is -5.70. The second-order valence-electron chi connectivity index (χ2n) is 8.93. The molecule has 0 aliphatic rings. The average Bonchev–Trinajstić information content (AvgIpc) is 3.00. The van der Waals surface area contributed by atoms with Gasteiger partial charge in [-0.2, -0.15) is 0 Å². The zero-order valence-electron chi connectivity index (χ0n) is 22.3. The van der Waals surface area contributed by atoms with Gasteiger partial charge in [0.2, 0.25) is 0 Å². The number of methoxy groups -OCH3 is 2. The quantitative estimate of drug-likeness (QED) is 0.174. The third-order valence-corrected chi connectivity index (χ3v) is 6.30. The number of carbonyl (C=O) groups is 2. The second kappa shape index (κ2) is 12.0. The summed E-state index contributed by atoms with van der Waals surface area (Å²) in [5, 5.41) is 26.7. The summed E-state index contributed by atoms with van der Waals surface area (Å²) >= 11 is 0. The number of hydrogen-bond donors (Lipinski definition) is 3.